The number of aromatic nitrogens is 3. The number of nitrogens with zero attached hydrogens (tertiary/aromatic N) is 3. The SMILES string of the molecule is COc1cccc(-n2nc(C(=O)Nc3cc(C)on3)c3ccccc3c2=O)c1. The zero-order valence-electron chi connectivity index (χ0n) is 15.2. The minimum absolute atomic E-state index is 0.0960. The van der Waals surface area contributed by atoms with Gasteiger partial charge in [-0.25, -0.2) is 0 Å². The van der Waals surface area contributed by atoms with Crippen molar-refractivity contribution < 1.29 is 14.1 Å². The van der Waals surface area contributed by atoms with Crippen molar-refractivity contribution in [2.75, 3.05) is 12.4 Å². The number of amides is 1. The normalized spacial score (nSPS) is 10.8. The lowest BCUT2D eigenvalue weighted by molar-refractivity contribution is 0.102. The number of benzene rings is 2. The molecule has 0 saturated carbocycles. The van der Waals surface area contributed by atoms with Gasteiger partial charge < -0.3 is 14.6 Å². The van der Waals surface area contributed by atoms with Crippen molar-refractivity contribution in [3.05, 3.63) is 76.4 Å². The molecule has 0 fully saturated rings. The quantitative estimate of drug-likeness (QED) is 0.588. The minimum atomic E-state index is -0.499. The number of anilines is 1. The van der Waals surface area contributed by atoms with Crippen molar-refractivity contribution in [1.29, 1.82) is 0 Å². The number of aryl methyl sites for hydroxylation is 1. The fourth-order valence-electron chi connectivity index (χ4n) is 2.88. The summed E-state index contributed by atoms with van der Waals surface area (Å²) in [4.78, 5) is 25.8. The Kier molecular flexibility index (Phi) is 4.36. The molecule has 8 nitrogen and oxygen atoms in total. The number of carbonyl (C=O) groups is 1. The Balaban J connectivity index is 1.89. The molecule has 0 aliphatic heterocycles. The fraction of sp³-hybridized carbons (Fsp3) is 0.100. The number of fused-ring (bicyclic) bond motifs is 1. The third-order valence-electron chi connectivity index (χ3n) is 4.19. The molecule has 28 heavy (non-hydrogen) atoms. The Morgan fingerprint density at radius 3 is 2.61 bits per heavy atom. The predicted molar refractivity (Wildman–Crippen MR) is 103 cm³/mol. The molecule has 0 aliphatic rings. The predicted octanol–water partition coefficient (Wildman–Crippen LogP) is 2.94. The highest BCUT2D eigenvalue weighted by atomic mass is 16.5. The van der Waals surface area contributed by atoms with E-state index in [4.69, 9.17) is 9.26 Å². The second-order valence-electron chi connectivity index (χ2n) is 6.09. The van der Waals surface area contributed by atoms with Gasteiger partial charge in [-0.3, -0.25) is 9.59 Å². The van der Waals surface area contributed by atoms with E-state index >= 15 is 0 Å². The lowest BCUT2D eigenvalue weighted by Gasteiger charge is -2.11. The molecule has 140 valence electrons. The molecule has 1 N–H and O–H groups in total. The molecule has 0 atom stereocenters. The van der Waals surface area contributed by atoms with Gasteiger partial charge in [0.1, 0.15) is 11.5 Å². The molecule has 0 radical (unpaired) electrons. The van der Waals surface area contributed by atoms with Gasteiger partial charge in [-0.2, -0.15) is 9.78 Å². The molecule has 0 unspecified atom stereocenters. The summed E-state index contributed by atoms with van der Waals surface area (Å²) >= 11 is 0. The van der Waals surface area contributed by atoms with Gasteiger partial charge in [0, 0.05) is 17.5 Å². The van der Waals surface area contributed by atoms with Crippen LogP contribution in [0.1, 0.15) is 16.2 Å². The lowest BCUT2D eigenvalue weighted by Crippen LogP contribution is -2.26. The summed E-state index contributed by atoms with van der Waals surface area (Å²) in [5, 5.41) is 11.6. The number of hydrogen-bond acceptors (Lipinski definition) is 6. The lowest BCUT2D eigenvalue weighted by atomic mass is 10.1. The van der Waals surface area contributed by atoms with Gasteiger partial charge in [0.25, 0.3) is 11.5 Å². The minimum Gasteiger partial charge on any atom is -0.497 e. The van der Waals surface area contributed by atoms with Crippen LogP contribution in [0.2, 0.25) is 0 Å². The van der Waals surface area contributed by atoms with Crippen LogP contribution in [-0.4, -0.2) is 28.0 Å². The largest absolute Gasteiger partial charge is 0.497 e. The third-order valence-corrected chi connectivity index (χ3v) is 4.19. The van der Waals surface area contributed by atoms with Crippen molar-refractivity contribution in [3.63, 3.8) is 0 Å². The van der Waals surface area contributed by atoms with Gasteiger partial charge in [-0.15, -0.1) is 0 Å². The van der Waals surface area contributed by atoms with Crippen molar-refractivity contribution in [3.8, 4) is 11.4 Å². The van der Waals surface area contributed by atoms with Crippen LogP contribution < -0.4 is 15.6 Å². The second kappa shape index (κ2) is 6.99. The van der Waals surface area contributed by atoms with Crippen LogP contribution in [0.3, 0.4) is 0 Å². The van der Waals surface area contributed by atoms with Crippen molar-refractivity contribution in [2.45, 2.75) is 6.92 Å². The second-order valence-corrected chi connectivity index (χ2v) is 6.09. The summed E-state index contributed by atoms with van der Waals surface area (Å²) < 4.78 is 11.4. The summed E-state index contributed by atoms with van der Waals surface area (Å²) in [5.74, 6) is 0.909. The Morgan fingerprint density at radius 2 is 1.89 bits per heavy atom. The number of hydrogen-bond donors (Lipinski definition) is 1. The molecule has 2 aromatic carbocycles. The standard InChI is InChI=1S/C20H16N4O4/c1-12-10-17(23-28-12)21-19(25)18-15-8-3-4-9-16(15)20(26)24(22-18)13-6-5-7-14(11-13)27-2/h3-11H,1-2H3,(H,21,23,25). The summed E-state index contributed by atoms with van der Waals surface area (Å²) in [5.41, 5.74) is 0.248. The molecule has 8 heteroatoms. The maximum absolute atomic E-state index is 13.0. The first-order valence-corrected chi connectivity index (χ1v) is 8.48. The van der Waals surface area contributed by atoms with Gasteiger partial charge in [-0.1, -0.05) is 29.4 Å². The van der Waals surface area contributed by atoms with Crippen LogP contribution in [0.15, 0.2) is 63.9 Å². The molecule has 1 amide bonds. The van der Waals surface area contributed by atoms with E-state index in [1.807, 2.05) is 0 Å². The molecule has 4 rings (SSSR count). The highest BCUT2D eigenvalue weighted by Gasteiger charge is 2.18. The molecule has 4 aromatic rings. The Hall–Kier alpha value is -3.94. The highest BCUT2D eigenvalue weighted by molar-refractivity contribution is 6.10. The number of ether oxygens (including phenoxy) is 1. The summed E-state index contributed by atoms with van der Waals surface area (Å²) in [6.45, 7) is 1.72. The van der Waals surface area contributed by atoms with E-state index in [0.29, 0.717) is 28.0 Å². The Labute approximate surface area is 159 Å². The molecule has 0 saturated heterocycles. The number of methoxy groups -OCH3 is 1. The number of carbonyl (C=O) groups excluding carboxylic acids is 1. The van der Waals surface area contributed by atoms with Gasteiger partial charge in [0.15, 0.2) is 11.5 Å². The van der Waals surface area contributed by atoms with E-state index < -0.39 is 5.91 Å². The first-order valence-electron chi connectivity index (χ1n) is 8.48. The van der Waals surface area contributed by atoms with Crippen molar-refractivity contribution >= 4 is 22.5 Å². The van der Waals surface area contributed by atoms with Gasteiger partial charge in [0.2, 0.25) is 0 Å². The van der Waals surface area contributed by atoms with E-state index in [9.17, 15) is 9.59 Å². The van der Waals surface area contributed by atoms with E-state index in [0.717, 1.165) is 0 Å². The molecular formula is C20H16N4O4. The van der Waals surface area contributed by atoms with Gasteiger partial charge in [0.05, 0.1) is 18.2 Å². The Morgan fingerprint density at radius 1 is 1.11 bits per heavy atom. The van der Waals surface area contributed by atoms with Gasteiger partial charge >= 0.3 is 0 Å². The highest BCUT2D eigenvalue weighted by Crippen LogP contribution is 2.19. The van der Waals surface area contributed by atoms with Crippen LogP contribution in [0.4, 0.5) is 5.82 Å². The number of rotatable bonds is 4. The fourth-order valence-corrected chi connectivity index (χ4v) is 2.88. The van der Waals surface area contributed by atoms with Crippen LogP contribution in [0.25, 0.3) is 16.5 Å². The molecule has 0 aliphatic carbocycles. The third kappa shape index (κ3) is 3.11. The smallest absolute Gasteiger partial charge is 0.279 e. The maximum Gasteiger partial charge on any atom is 0.279 e. The van der Waals surface area contributed by atoms with E-state index in [2.05, 4.69) is 15.6 Å². The summed E-state index contributed by atoms with van der Waals surface area (Å²) in [7, 11) is 1.54. The number of nitrogens with one attached hydrogen (secondary N) is 1. The zero-order valence-corrected chi connectivity index (χ0v) is 15.2. The molecule has 2 heterocycles. The van der Waals surface area contributed by atoms with Crippen molar-refractivity contribution in [1.82, 2.24) is 14.9 Å². The zero-order chi connectivity index (χ0) is 19.7. The van der Waals surface area contributed by atoms with Crippen molar-refractivity contribution in [2.24, 2.45) is 0 Å². The van der Waals surface area contributed by atoms with E-state index in [1.165, 1.54) is 11.8 Å². The van der Waals surface area contributed by atoms with Crippen LogP contribution >= 0.6 is 0 Å². The maximum atomic E-state index is 13.0. The average Bonchev–Trinajstić information content (AvgIpc) is 3.13. The van der Waals surface area contributed by atoms with Crippen LogP contribution in [-0.2, 0) is 0 Å². The van der Waals surface area contributed by atoms with Crippen LogP contribution in [0.5, 0.6) is 5.75 Å². The van der Waals surface area contributed by atoms with Crippen LogP contribution in [0, 0.1) is 6.92 Å². The summed E-state index contributed by atoms with van der Waals surface area (Å²) in [6.07, 6.45) is 0. The van der Waals surface area contributed by atoms with E-state index in [1.54, 1.807) is 61.5 Å². The topological polar surface area (TPSA) is 99.2 Å². The first kappa shape index (κ1) is 17.5. The monoisotopic (exact) mass is 376 g/mol. The van der Waals surface area contributed by atoms with E-state index in [-0.39, 0.29) is 17.1 Å². The molecule has 2 aromatic heterocycles. The Bertz CT molecular complexity index is 1240. The first-order chi connectivity index (χ1) is 13.6. The van der Waals surface area contributed by atoms with Gasteiger partial charge in [-0.05, 0) is 25.1 Å². The molecule has 0 bridgehead atoms. The average molecular weight is 376 g/mol. The molecular weight excluding hydrogens is 360 g/mol. The summed E-state index contributed by atoms with van der Waals surface area (Å²) in [6, 6.07) is 15.3. The molecule has 0 spiro atoms.